The molecule has 1 N–H and O–H groups in total. The number of amides is 1. The number of carbonyl (C=O) groups excluding carboxylic acids is 1. The first-order valence-corrected chi connectivity index (χ1v) is 8.80. The van der Waals surface area contributed by atoms with Crippen LogP contribution < -0.4 is 15.2 Å². The highest BCUT2D eigenvalue weighted by atomic mass is 19.4. The molecular formula is C19H17F5N2O4. The van der Waals surface area contributed by atoms with Crippen molar-refractivity contribution >= 4 is 11.6 Å². The fourth-order valence-electron chi connectivity index (χ4n) is 3.37. The minimum Gasteiger partial charge on any atom is -0.497 e. The third-order valence-corrected chi connectivity index (χ3v) is 4.86. The Morgan fingerprint density at radius 3 is 2.43 bits per heavy atom. The molecule has 1 unspecified atom stereocenters. The number of halogens is 5. The maximum atomic E-state index is 14.4. The summed E-state index contributed by atoms with van der Waals surface area (Å²) in [6, 6.07) is 4.41. The van der Waals surface area contributed by atoms with E-state index >= 15 is 0 Å². The van der Waals surface area contributed by atoms with Gasteiger partial charge in [0.2, 0.25) is 5.91 Å². The molecule has 1 aromatic carbocycles. The Morgan fingerprint density at radius 1 is 1.23 bits per heavy atom. The molecule has 2 aromatic rings. The van der Waals surface area contributed by atoms with Gasteiger partial charge in [0.05, 0.1) is 13.7 Å². The second-order valence-corrected chi connectivity index (χ2v) is 6.82. The number of ether oxygens (including phenoxy) is 1. The zero-order valence-corrected chi connectivity index (χ0v) is 15.6. The van der Waals surface area contributed by atoms with E-state index in [0.29, 0.717) is 4.57 Å². The third-order valence-electron chi connectivity index (χ3n) is 4.86. The molecule has 1 fully saturated rings. The molecule has 1 aliphatic heterocycles. The van der Waals surface area contributed by atoms with Crippen molar-refractivity contribution in [2.45, 2.75) is 31.2 Å². The van der Waals surface area contributed by atoms with Gasteiger partial charge in [-0.15, -0.1) is 0 Å². The Kier molecular flexibility index (Phi) is 5.84. The van der Waals surface area contributed by atoms with Crippen LogP contribution in [0.3, 0.4) is 0 Å². The number of aliphatic hydroxyl groups is 1. The lowest BCUT2D eigenvalue weighted by Crippen LogP contribution is -2.38. The summed E-state index contributed by atoms with van der Waals surface area (Å²) in [5.41, 5.74) is -1.52. The van der Waals surface area contributed by atoms with Crippen LogP contribution in [0.4, 0.5) is 27.6 Å². The lowest BCUT2D eigenvalue weighted by molar-refractivity contribution is -0.207. The molecule has 1 saturated heterocycles. The number of aromatic nitrogens is 1. The first kappa shape index (κ1) is 21.8. The van der Waals surface area contributed by atoms with Crippen molar-refractivity contribution in [2.24, 2.45) is 0 Å². The van der Waals surface area contributed by atoms with E-state index in [4.69, 9.17) is 4.74 Å². The third kappa shape index (κ3) is 4.16. The number of aliphatic hydroxyl groups excluding tert-OH is 1. The van der Waals surface area contributed by atoms with Gasteiger partial charge >= 0.3 is 6.18 Å². The largest absolute Gasteiger partial charge is 0.497 e. The highest BCUT2D eigenvalue weighted by molar-refractivity contribution is 5.96. The Bertz CT molecular complexity index is 998. The predicted molar refractivity (Wildman–Crippen MR) is 95.4 cm³/mol. The van der Waals surface area contributed by atoms with Crippen molar-refractivity contribution in [2.75, 3.05) is 18.6 Å². The van der Waals surface area contributed by atoms with Gasteiger partial charge in [-0.2, -0.15) is 13.2 Å². The van der Waals surface area contributed by atoms with Crippen LogP contribution in [0.2, 0.25) is 0 Å². The maximum absolute atomic E-state index is 14.4. The minimum atomic E-state index is -4.92. The van der Waals surface area contributed by atoms with Crippen LogP contribution in [-0.4, -0.2) is 41.5 Å². The molecule has 0 spiro atoms. The summed E-state index contributed by atoms with van der Waals surface area (Å²) in [6.07, 6.45) is -6.94. The zero-order chi connectivity index (χ0) is 22.2. The second-order valence-electron chi connectivity index (χ2n) is 6.82. The molecule has 1 aliphatic rings. The first-order valence-electron chi connectivity index (χ1n) is 8.80. The minimum absolute atomic E-state index is 0.0379. The van der Waals surface area contributed by atoms with E-state index in [0.717, 1.165) is 23.2 Å². The van der Waals surface area contributed by atoms with Crippen LogP contribution in [0.25, 0.3) is 0 Å². The zero-order valence-electron chi connectivity index (χ0n) is 15.6. The average molecular weight is 432 g/mol. The summed E-state index contributed by atoms with van der Waals surface area (Å²) in [5, 5.41) is 9.21. The van der Waals surface area contributed by atoms with Crippen LogP contribution in [0, 0.1) is 11.6 Å². The summed E-state index contributed by atoms with van der Waals surface area (Å²) in [4.78, 5) is 26.0. The van der Waals surface area contributed by atoms with Crippen molar-refractivity contribution in [1.29, 1.82) is 0 Å². The van der Waals surface area contributed by atoms with E-state index in [1.165, 1.54) is 19.2 Å². The molecule has 0 saturated carbocycles. The van der Waals surface area contributed by atoms with Crippen LogP contribution in [0.5, 0.6) is 5.75 Å². The molecule has 0 radical (unpaired) electrons. The monoisotopic (exact) mass is 432 g/mol. The van der Waals surface area contributed by atoms with Crippen molar-refractivity contribution in [3.8, 4) is 5.75 Å². The van der Waals surface area contributed by atoms with E-state index in [1.54, 1.807) is 0 Å². The molecule has 11 heteroatoms. The summed E-state index contributed by atoms with van der Waals surface area (Å²) in [7, 11) is 1.24. The second kappa shape index (κ2) is 8.05. The Morgan fingerprint density at radius 2 is 1.87 bits per heavy atom. The van der Waals surface area contributed by atoms with Gasteiger partial charge in [-0.25, -0.2) is 8.78 Å². The van der Waals surface area contributed by atoms with Gasteiger partial charge in [-0.3, -0.25) is 9.59 Å². The summed E-state index contributed by atoms with van der Waals surface area (Å²) >= 11 is 0. The van der Waals surface area contributed by atoms with Crippen LogP contribution >= 0.6 is 0 Å². The van der Waals surface area contributed by atoms with E-state index < -0.39 is 47.8 Å². The fraction of sp³-hybridized carbons (Fsp3) is 0.368. The van der Waals surface area contributed by atoms with Gasteiger partial charge in [0, 0.05) is 42.8 Å². The van der Waals surface area contributed by atoms with E-state index in [9.17, 15) is 36.6 Å². The molecule has 2 heterocycles. The van der Waals surface area contributed by atoms with Crippen molar-refractivity contribution < 1.29 is 36.6 Å². The fourth-order valence-corrected chi connectivity index (χ4v) is 3.37. The summed E-state index contributed by atoms with van der Waals surface area (Å²) in [6.45, 7) is -1.29. The van der Waals surface area contributed by atoms with Gasteiger partial charge in [-0.1, -0.05) is 0 Å². The number of hydrogen-bond donors (Lipinski definition) is 1. The van der Waals surface area contributed by atoms with E-state index in [1.807, 2.05) is 0 Å². The molecule has 3 rings (SSSR count). The van der Waals surface area contributed by atoms with Crippen molar-refractivity contribution in [1.82, 2.24) is 4.57 Å². The SMILES string of the molecule is COc1cc(F)c([C@H]2CC(=O)N(c3cccn(CC(O)C(F)(F)F)c3=O)C2)c(F)c1. The predicted octanol–water partition coefficient (Wildman–Crippen LogP) is 2.58. The number of rotatable bonds is 5. The molecule has 162 valence electrons. The van der Waals surface area contributed by atoms with Crippen LogP contribution in [0.15, 0.2) is 35.3 Å². The smallest absolute Gasteiger partial charge is 0.416 e. The molecular weight excluding hydrogens is 415 g/mol. The Labute approximate surface area is 167 Å². The van der Waals surface area contributed by atoms with Crippen LogP contribution in [-0.2, 0) is 11.3 Å². The van der Waals surface area contributed by atoms with E-state index in [2.05, 4.69) is 0 Å². The van der Waals surface area contributed by atoms with Crippen molar-refractivity contribution in [3.63, 3.8) is 0 Å². The maximum Gasteiger partial charge on any atom is 0.416 e. The van der Waals surface area contributed by atoms with Gasteiger partial charge in [-0.05, 0) is 12.1 Å². The molecule has 0 aliphatic carbocycles. The topological polar surface area (TPSA) is 71.8 Å². The number of hydrogen-bond acceptors (Lipinski definition) is 4. The van der Waals surface area contributed by atoms with E-state index in [-0.39, 0.29) is 30.0 Å². The number of anilines is 1. The summed E-state index contributed by atoms with van der Waals surface area (Å²) in [5.74, 6) is -3.38. The number of carbonyl (C=O) groups is 1. The lowest BCUT2D eigenvalue weighted by atomic mass is 9.97. The van der Waals surface area contributed by atoms with Gasteiger partial charge in [0.15, 0.2) is 6.10 Å². The number of nitrogens with zero attached hydrogens (tertiary/aromatic N) is 2. The van der Waals surface area contributed by atoms with Gasteiger partial charge in [0.25, 0.3) is 5.56 Å². The quantitative estimate of drug-likeness (QED) is 0.738. The number of benzene rings is 1. The van der Waals surface area contributed by atoms with Gasteiger partial charge in [0.1, 0.15) is 23.1 Å². The molecule has 1 aromatic heterocycles. The first-order chi connectivity index (χ1) is 14.0. The highest BCUT2D eigenvalue weighted by Crippen LogP contribution is 2.35. The highest BCUT2D eigenvalue weighted by Gasteiger charge is 2.39. The molecule has 6 nitrogen and oxygen atoms in total. The Balaban J connectivity index is 1.89. The molecule has 1 amide bonds. The number of pyridine rings is 1. The van der Waals surface area contributed by atoms with Crippen molar-refractivity contribution in [3.05, 3.63) is 58.0 Å². The van der Waals surface area contributed by atoms with Crippen LogP contribution in [0.1, 0.15) is 17.9 Å². The normalized spacial score (nSPS) is 18.0. The number of methoxy groups -OCH3 is 1. The molecule has 0 bridgehead atoms. The lowest BCUT2D eigenvalue weighted by Gasteiger charge is -2.20. The molecule has 30 heavy (non-hydrogen) atoms. The number of alkyl halides is 3. The summed E-state index contributed by atoms with van der Waals surface area (Å²) < 4.78 is 71.9. The Hall–Kier alpha value is -2.95. The average Bonchev–Trinajstić information content (AvgIpc) is 3.02. The standard InChI is InChI=1S/C19H17F5N2O4/c1-30-11-6-12(20)17(13(21)7-11)10-5-16(28)26(8-10)14-3-2-4-25(18(14)29)9-15(27)19(22,23)24/h2-4,6-7,10,15,27H,5,8-9H2,1H3/t10-,15?/m0/s1. The molecule has 2 atom stereocenters. The van der Waals surface area contributed by atoms with Gasteiger partial charge < -0.3 is 19.3 Å².